The third-order valence-electron chi connectivity index (χ3n) is 0.728. The first-order valence-electron chi connectivity index (χ1n) is 2.62. The Morgan fingerprint density at radius 2 is 2.33 bits per heavy atom. The quantitative estimate of drug-likeness (QED) is 0.323. The van der Waals surface area contributed by atoms with Crippen LogP contribution in [0.1, 0.15) is 6.42 Å². The van der Waals surface area contributed by atoms with E-state index >= 15 is 0 Å². The minimum absolute atomic E-state index is 0.139. The molecule has 0 bridgehead atoms. The van der Waals surface area contributed by atoms with Crippen LogP contribution in [-0.4, -0.2) is 24.5 Å². The molecule has 0 saturated heterocycles. The average Bonchev–Trinajstić information content (AvgIpc) is 1.89. The van der Waals surface area contributed by atoms with Gasteiger partial charge in [0.1, 0.15) is 6.29 Å². The summed E-state index contributed by atoms with van der Waals surface area (Å²) in [6, 6.07) is 0. The molecular formula is C5H9NO2S. The molecule has 9 heavy (non-hydrogen) atoms. The van der Waals surface area contributed by atoms with Gasteiger partial charge in [0, 0.05) is 13.0 Å². The van der Waals surface area contributed by atoms with Crippen molar-refractivity contribution in [1.29, 1.82) is 0 Å². The summed E-state index contributed by atoms with van der Waals surface area (Å²) in [5, 5.41) is 2.49. The Balaban J connectivity index is 3.06. The van der Waals surface area contributed by atoms with Crippen LogP contribution in [0.5, 0.6) is 0 Å². The lowest BCUT2D eigenvalue weighted by Crippen LogP contribution is -2.25. The molecule has 0 unspecified atom stereocenters. The number of amides is 1. The Hall–Kier alpha value is -0.510. The van der Waals surface area contributed by atoms with Gasteiger partial charge in [-0.2, -0.15) is 12.6 Å². The van der Waals surface area contributed by atoms with Gasteiger partial charge < -0.3 is 10.1 Å². The lowest BCUT2D eigenvalue weighted by molar-refractivity contribution is -0.118. The number of carbonyl (C=O) groups is 2. The van der Waals surface area contributed by atoms with E-state index in [1.54, 1.807) is 0 Å². The summed E-state index contributed by atoms with van der Waals surface area (Å²) in [7, 11) is 0. The normalized spacial score (nSPS) is 8.56. The molecule has 0 aromatic carbocycles. The summed E-state index contributed by atoms with van der Waals surface area (Å²) in [5.74, 6) is 0.0407. The Morgan fingerprint density at radius 3 is 2.78 bits per heavy atom. The number of aldehydes is 1. The highest BCUT2D eigenvalue weighted by atomic mass is 32.1. The molecule has 0 aromatic heterocycles. The summed E-state index contributed by atoms with van der Waals surface area (Å²) in [6.45, 7) is 0.420. The number of hydrogen-bond acceptors (Lipinski definition) is 3. The van der Waals surface area contributed by atoms with Gasteiger partial charge >= 0.3 is 0 Å². The van der Waals surface area contributed by atoms with E-state index in [9.17, 15) is 9.59 Å². The molecule has 0 aliphatic rings. The second-order valence-electron chi connectivity index (χ2n) is 1.46. The second kappa shape index (κ2) is 5.62. The van der Waals surface area contributed by atoms with Crippen LogP contribution in [0.3, 0.4) is 0 Å². The van der Waals surface area contributed by atoms with Crippen LogP contribution in [0.15, 0.2) is 0 Å². The smallest absolute Gasteiger partial charge is 0.229 e. The molecule has 0 aliphatic heterocycles. The summed E-state index contributed by atoms with van der Waals surface area (Å²) in [5.41, 5.74) is 0. The van der Waals surface area contributed by atoms with Crippen LogP contribution in [0.2, 0.25) is 0 Å². The van der Waals surface area contributed by atoms with Crippen molar-refractivity contribution in [3.05, 3.63) is 0 Å². The van der Waals surface area contributed by atoms with E-state index < -0.39 is 0 Å². The second-order valence-corrected chi connectivity index (χ2v) is 1.78. The SMILES string of the molecule is O=CCCNC(=O)CS. The highest BCUT2D eigenvalue weighted by Crippen LogP contribution is 1.73. The highest BCUT2D eigenvalue weighted by molar-refractivity contribution is 7.81. The van der Waals surface area contributed by atoms with Crippen molar-refractivity contribution < 1.29 is 9.59 Å². The van der Waals surface area contributed by atoms with Crippen LogP contribution in [0.25, 0.3) is 0 Å². The molecule has 0 heterocycles. The lowest BCUT2D eigenvalue weighted by atomic mass is 10.4. The fourth-order valence-electron chi connectivity index (χ4n) is 0.326. The Morgan fingerprint density at radius 1 is 1.67 bits per heavy atom. The van der Waals surface area contributed by atoms with Crippen LogP contribution in [0, 0.1) is 0 Å². The number of thiol groups is 1. The predicted octanol–water partition coefficient (Wildman–Crippen LogP) is -0.379. The molecule has 0 atom stereocenters. The van der Waals surface area contributed by atoms with Crippen molar-refractivity contribution in [1.82, 2.24) is 5.32 Å². The van der Waals surface area contributed by atoms with Gasteiger partial charge in [-0.3, -0.25) is 4.79 Å². The molecule has 4 heteroatoms. The number of carbonyl (C=O) groups excluding carboxylic acids is 2. The maximum absolute atomic E-state index is 10.4. The maximum Gasteiger partial charge on any atom is 0.229 e. The van der Waals surface area contributed by atoms with Crippen molar-refractivity contribution >= 4 is 24.8 Å². The average molecular weight is 147 g/mol. The van der Waals surface area contributed by atoms with E-state index in [0.717, 1.165) is 6.29 Å². The Kier molecular flexibility index (Phi) is 5.30. The fraction of sp³-hybridized carbons (Fsp3) is 0.600. The highest BCUT2D eigenvalue weighted by Gasteiger charge is 1.92. The van der Waals surface area contributed by atoms with Crippen molar-refractivity contribution in [3.63, 3.8) is 0 Å². The Labute approximate surface area is 59.2 Å². The van der Waals surface area contributed by atoms with Gasteiger partial charge in [-0.15, -0.1) is 0 Å². The molecular weight excluding hydrogens is 138 g/mol. The van der Waals surface area contributed by atoms with E-state index in [1.807, 2.05) is 0 Å². The first-order chi connectivity index (χ1) is 4.31. The summed E-state index contributed by atoms with van der Waals surface area (Å²) in [6.07, 6.45) is 1.14. The monoisotopic (exact) mass is 147 g/mol. The van der Waals surface area contributed by atoms with Crippen LogP contribution in [-0.2, 0) is 9.59 Å². The van der Waals surface area contributed by atoms with Crippen LogP contribution >= 0.6 is 12.6 Å². The lowest BCUT2D eigenvalue weighted by Gasteiger charge is -1.96. The van der Waals surface area contributed by atoms with Crippen LogP contribution in [0.4, 0.5) is 0 Å². The number of hydrogen-bond donors (Lipinski definition) is 2. The van der Waals surface area contributed by atoms with Crippen molar-refractivity contribution in [2.75, 3.05) is 12.3 Å². The van der Waals surface area contributed by atoms with Gasteiger partial charge in [0.25, 0.3) is 0 Å². The topological polar surface area (TPSA) is 46.2 Å². The number of nitrogens with one attached hydrogen (secondary N) is 1. The van der Waals surface area contributed by atoms with Gasteiger partial charge in [-0.1, -0.05) is 0 Å². The molecule has 0 rings (SSSR count). The first kappa shape index (κ1) is 8.49. The molecule has 0 radical (unpaired) electrons. The molecule has 0 spiro atoms. The minimum Gasteiger partial charge on any atom is -0.355 e. The summed E-state index contributed by atoms with van der Waals surface area (Å²) in [4.78, 5) is 20.1. The van der Waals surface area contributed by atoms with Gasteiger partial charge in [0.15, 0.2) is 0 Å². The zero-order valence-corrected chi connectivity index (χ0v) is 5.86. The summed E-state index contributed by atoms with van der Waals surface area (Å²) >= 11 is 3.72. The molecule has 3 nitrogen and oxygen atoms in total. The Bertz CT molecular complexity index is 105. The molecule has 0 saturated carbocycles. The molecule has 0 aromatic rings. The van der Waals surface area contributed by atoms with Gasteiger partial charge in [-0.05, 0) is 0 Å². The van der Waals surface area contributed by atoms with Gasteiger partial charge in [0.2, 0.25) is 5.91 Å². The van der Waals surface area contributed by atoms with Gasteiger partial charge in [0.05, 0.1) is 5.75 Å². The van der Waals surface area contributed by atoms with E-state index in [0.29, 0.717) is 13.0 Å². The standard InChI is InChI=1S/C5H9NO2S/c7-3-1-2-6-5(8)4-9/h3,9H,1-2,4H2,(H,6,8). The molecule has 0 fully saturated rings. The van der Waals surface area contributed by atoms with Crippen molar-refractivity contribution in [2.24, 2.45) is 0 Å². The van der Waals surface area contributed by atoms with Crippen molar-refractivity contribution in [2.45, 2.75) is 6.42 Å². The van der Waals surface area contributed by atoms with Gasteiger partial charge in [-0.25, -0.2) is 0 Å². The van der Waals surface area contributed by atoms with E-state index in [-0.39, 0.29) is 11.7 Å². The predicted molar refractivity (Wildman–Crippen MR) is 37.5 cm³/mol. The van der Waals surface area contributed by atoms with Crippen LogP contribution < -0.4 is 5.32 Å². The molecule has 52 valence electrons. The third-order valence-corrected chi connectivity index (χ3v) is 1.02. The molecule has 1 N–H and O–H groups in total. The largest absolute Gasteiger partial charge is 0.355 e. The fourth-order valence-corrected chi connectivity index (χ4v) is 0.438. The maximum atomic E-state index is 10.4. The van der Waals surface area contributed by atoms with E-state index in [1.165, 1.54) is 0 Å². The third kappa shape index (κ3) is 5.36. The molecule has 1 amide bonds. The first-order valence-corrected chi connectivity index (χ1v) is 3.25. The van der Waals surface area contributed by atoms with E-state index in [2.05, 4.69) is 17.9 Å². The van der Waals surface area contributed by atoms with Crippen molar-refractivity contribution in [3.8, 4) is 0 Å². The zero-order valence-electron chi connectivity index (χ0n) is 4.96. The number of rotatable bonds is 4. The zero-order chi connectivity index (χ0) is 7.11. The minimum atomic E-state index is -0.139. The summed E-state index contributed by atoms with van der Waals surface area (Å²) < 4.78 is 0. The molecule has 0 aliphatic carbocycles. The van der Waals surface area contributed by atoms with E-state index in [4.69, 9.17) is 0 Å².